The minimum atomic E-state index is -4.83. The van der Waals surface area contributed by atoms with Crippen LogP contribution in [0.4, 0.5) is 22.0 Å². The third kappa shape index (κ3) is 6.40. The number of aliphatic imine (C=N–C) groups is 1. The lowest BCUT2D eigenvalue weighted by Gasteiger charge is -2.37. The van der Waals surface area contributed by atoms with E-state index in [0.29, 0.717) is 17.3 Å². The minimum absolute atomic E-state index is 0.128. The van der Waals surface area contributed by atoms with Gasteiger partial charge in [0.15, 0.2) is 11.5 Å². The number of alkyl halides is 3. The first-order chi connectivity index (χ1) is 20.9. The van der Waals surface area contributed by atoms with Crippen molar-refractivity contribution in [3.8, 4) is 5.69 Å². The van der Waals surface area contributed by atoms with E-state index in [0.717, 1.165) is 43.7 Å². The third-order valence-corrected chi connectivity index (χ3v) is 8.74. The molecule has 1 amide bonds. The van der Waals surface area contributed by atoms with Crippen LogP contribution in [0.3, 0.4) is 0 Å². The first kappa shape index (κ1) is 32.4. The van der Waals surface area contributed by atoms with Crippen molar-refractivity contribution in [3.63, 3.8) is 0 Å². The number of carbonyl (C=O) groups excluding carboxylic acids is 2. The molecule has 2 N–H and O–H groups in total. The number of ether oxygens (including phenoxy) is 1. The summed E-state index contributed by atoms with van der Waals surface area (Å²) in [5.74, 6) is -4.37. The molecule has 0 radical (unpaired) electrons. The summed E-state index contributed by atoms with van der Waals surface area (Å²) >= 11 is 6.43. The van der Waals surface area contributed by atoms with Crippen LogP contribution in [0.15, 0.2) is 59.9 Å². The van der Waals surface area contributed by atoms with Crippen LogP contribution in [0.2, 0.25) is 5.02 Å². The van der Waals surface area contributed by atoms with E-state index >= 15 is 0 Å². The van der Waals surface area contributed by atoms with E-state index in [1.807, 2.05) is 6.92 Å². The molecule has 2 heterocycles. The Morgan fingerprint density at radius 2 is 1.80 bits per heavy atom. The van der Waals surface area contributed by atoms with Crippen molar-refractivity contribution in [1.82, 2.24) is 14.7 Å². The lowest BCUT2D eigenvalue weighted by molar-refractivity contribution is -0.218. The van der Waals surface area contributed by atoms with Gasteiger partial charge in [-0.3, -0.25) is 14.5 Å². The van der Waals surface area contributed by atoms with Crippen LogP contribution in [-0.4, -0.2) is 45.3 Å². The summed E-state index contributed by atoms with van der Waals surface area (Å²) in [7, 11) is 0. The van der Waals surface area contributed by atoms with Gasteiger partial charge in [-0.05, 0) is 66.1 Å². The fourth-order valence-corrected chi connectivity index (χ4v) is 5.65. The van der Waals surface area contributed by atoms with Gasteiger partial charge >= 0.3 is 12.1 Å². The normalized spacial score (nSPS) is 20.2. The molecule has 0 bridgehead atoms. The number of guanidine groups is 1. The molecule has 1 aliphatic heterocycles. The summed E-state index contributed by atoms with van der Waals surface area (Å²) < 4.78 is 78.7. The molecule has 0 spiro atoms. The minimum Gasteiger partial charge on any atom is -0.463 e. The first-order valence-electron chi connectivity index (χ1n) is 14.1. The average molecular weight is 652 g/mol. The third-order valence-electron chi connectivity index (χ3n) is 8.42. The number of nitrogens with two attached hydrogens (primary N) is 1. The lowest BCUT2D eigenvalue weighted by Crippen LogP contribution is -2.49. The van der Waals surface area contributed by atoms with E-state index in [-0.39, 0.29) is 16.9 Å². The SMILES string of the molecule is CC1(CC(=O)OC[C@H](c2ccc(Cl)c(-n3cccn3)c2)N2C(=O)[C@@](CC(C)(C)C(F)(F)F)(c3cc(F)cc(F)c3)N=C2N)CC1. The number of hydrogen-bond acceptors (Lipinski definition) is 6. The van der Waals surface area contributed by atoms with Gasteiger partial charge < -0.3 is 10.5 Å². The fraction of sp³-hybridized carbons (Fsp3) is 0.419. The molecule has 1 saturated carbocycles. The molecule has 1 aromatic heterocycles. The molecule has 14 heteroatoms. The largest absolute Gasteiger partial charge is 0.463 e. The number of amides is 1. The number of carbonyl (C=O) groups is 2. The Balaban J connectivity index is 1.61. The number of aromatic nitrogens is 2. The summed E-state index contributed by atoms with van der Waals surface area (Å²) in [6.45, 7) is 3.21. The van der Waals surface area contributed by atoms with Gasteiger partial charge in [-0.25, -0.2) is 18.5 Å². The molecule has 8 nitrogen and oxygen atoms in total. The van der Waals surface area contributed by atoms with Crippen LogP contribution in [0.1, 0.15) is 63.6 Å². The molecule has 5 rings (SSSR count). The van der Waals surface area contributed by atoms with Crippen molar-refractivity contribution in [1.29, 1.82) is 0 Å². The number of hydrogen-bond donors (Lipinski definition) is 1. The molecule has 1 aliphatic carbocycles. The number of benzene rings is 2. The molecule has 0 saturated heterocycles. The van der Waals surface area contributed by atoms with Gasteiger partial charge in [0.1, 0.15) is 18.2 Å². The molecule has 0 unspecified atom stereocenters. The van der Waals surface area contributed by atoms with E-state index in [1.54, 1.807) is 18.3 Å². The smallest absolute Gasteiger partial charge is 0.394 e. The van der Waals surface area contributed by atoms with Gasteiger partial charge in [0, 0.05) is 18.5 Å². The fourth-order valence-electron chi connectivity index (χ4n) is 5.44. The summed E-state index contributed by atoms with van der Waals surface area (Å²) in [4.78, 5) is 32.4. The molecular weight excluding hydrogens is 621 g/mol. The van der Waals surface area contributed by atoms with Gasteiger partial charge in [0.05, 0.1) is 28.6 Å². The molecule has 2 aromatic carbocycles. The average Bonchev–Trinajstić information content (AvgIpc) is 3.31. The molecule has 3 aromatic rings. The van der Waals surface area contributed by atoms with Crippen molar-refractivity contribution in [2.24, 2.45) is 21.6 Å². The zero-order valence-corrected chi connectivity index (χ0v) is 25.4. The summed E-state index contributed by atoms with van der Waals surface area (Å²) in [6.07, 6.45) is -0.883. The van der Waals surface area contributed by atoms with E-state index in [2.05, 4.69) is 10.1 Å². The molecule has 45 heavy (non-hydrogen) atoms. The van der Waals surface area contributed by atoms with Crippen LogP contribution in [0.5, 0.6) is 0 Å². The van der Waals surface area contributed by atoms with Crippen molar-refractivity contribution >= 4 is 29.4 Å². The zero-order valence-electron chi connectivity index (χ0n) is 24.7. The van der Waals surface area contributed by atoms with Crippen LogP contribution in [-0.2, 0) is 19.9 Å². The topological polar surface area (TPSA) is 103 Å². The molecule has 240 valence electrons. The van der Waals surface area contributed by atoms with E-state index in [4.69, 9.17) is 22.1 Å². The highest BCUT2D eigenvalue weighted by Crippen LogP contribution is 2.51. The van der Waals surface area contributed by atoms with Crippen molar-refractivity contribution < 1.29 is 36.3 Å². The molecule has 1 fully saturated rings. The van der Waals surface area contributed by atoms with Crippen molar-refractivity contribution in [3.05, 3.63) is 82.6 Å². The maximum absolute atomic E-state index is 14.5. The lowest BCUT2D eigenvalue weighted by atomic mass is 9.74. The first-order valence-corrected chi connectivity index (χ1v) is 14.5. The molecule has 2 atom stereocenters. The molecular formula is C31H31ClF5N5O3. The van der Waals surface area contributed by atoms with Crippen LogP contribution < -0.4 is 5.73 Å². The van der Waals surface area contributed by atoms with Gasteiger partial charge in [-0.2, -0.15) is 18.3 Å². The summed E-state index contributed by atoms with van der Waals surface area (Å²) in [5, 5.41) is 4.46. The Morgan fingerprint density at radius 3 is 2.38 bits per heavy atom. The predicted octanol–water partition coefficient (Wildman–Crippen LogP) is 6.61. The Kier molecular flexibility index (Phi) is 8.22. The maximum Gasteiger partial charge on any atom is 0.394 e. The number of rotatable bonds is 10. The highest BCUT2D eigenvalue weighted by Gasteiger charge is 2.59. The standard InChI is InChI=1S/C31H31ClF5N5O3/c1-28(2,31(35,36)37)17-30(19-12-20(33)14-21(34)13-19)26(44)42(27(38)40-30)24(16-45-25(43)15-29(3)7-8-29)18-5-6-22(32)23(11-18)41-10-4-9-39-41/h4-6,9-14,24H,7-8,15-17H2,1-3H3,(H2,38,40)/t24-,30-/m1/s1. The number of nitrogens with zero attached hydrogens (tertiary/aromatic N) is 4. The Morgan fingerprint density at radius 1 is 1.13 bits per heavy atom. The zero-order chi connectivity index (χ0) is 32.9. The monoisotopic (exact) mass is 651 g/mol. The van der Waals surface area contributed by atoms with Crippen LogP contribution >= 0.6 is 11.6 Å². The second-order valence-corrected chi connectivity index (χ2v) is 13.0. The predicted molar refractivity (Wildman–Crippen MR) is 155 cm³/mol. The van der Waals surface area contributed by atoms with Crippen LogP contribution in [0.25, 0.3) is 5.69 Å². The summed E-state index contributed by atoms with van der Waals surface area (Å²) in [6, 6.07) is 7.13. The summed E-state index contributed by atoms with van der Waals surface area (Å²) in [5.41, 5.74) is 1.37. The van der Waals surface area contributed by atoms with Gasteiger partial charge in [0.2, 0.25) is 0 Å². The Labute approximate surface area is 261 Å². The van der Waals surface area contributed by atoms with E-state index in [1.165, 1.54) is 23.0 Å². The highest BCUT2D eigenvalue weighted by molar-refractivity contribution is 6.32. The second kappa shape index (κ2) is 11.4. The Bertz CT molecular complexity index is 1640. The van der Waals surface area contributed by atoms with E-state index in [9.17, 15) is 31.5 Å². The van der Waals surface area contributed by atoms with Crippen LogP contribution in [0, 0.1) is 22.5 Å². The van der Waals surface area contributed by atoms with E-state index < -0.39 is 71.2 Å². The van der Waals surface area contributed by atoms with Gasteiger partial charge in [-0.15, -0.1) is 0 Å². The maximum atomic E-state index is 14.5. The Hall–Kier alpha value is -4.00. The number of esters is 1. The molecule has 2 aliphatic rings. The van der Waals surface area contributed by atoms with Crippen molar-refractivity contribution in [2.45, 2.75) is 64.2 Å². The van der Waals surface area contributed by atoms with Gasteiger partial charge in [0.25, 0.3) is 5.91 Å². The quantitative estimate of drug-likeness (QED) is 0.196. The second-order valence-electron chi connectivity index (χ2n) is 12.6. The van der Waals surface area contributed by atoms with Gasteiger partial charge in [-0.1, -0.05) is 38.4 Å². The highest BCUT2D eigenvalue weighted by atomic mass is 35.5. The number of halogens is 6. The van der Waals surface area contributed by atoms with Crippen molar-refractivity contribution in [2.75, 3.05) is 6.61 Å².